The first kappa shape index (κ1) is 19.0. The highest BCUT2D eigenvalue weighted by Crippen LogP contribution is 2.06. The smallest absolute Gasteiger partial charge is 0.248 e. The topological polar surface area (TPSA) is 79.5 Å². The SMILES string of the molecule is CCCCCCC(C)NC(=NC)NCc1ccc(C(N)=O)cc1. The number of aliphatic imine (C=N–C) groups is 1. The van der Waals surface area contributed by atoms with Gasteiger partial charge in [0.05, 0.1) is 0 Å². The van der Waals surface area contributed by atoms with Crippen molar-refractivity contribution in [2.45, 2.75) is 58.5 Å². The molecule has 0 aromatic heterocycles. The molecule has 0 aliphatic carbocycles. The molecule has 128 valence electrons. The lowest BCUT2D eigenvalue weighted by molar-refractivity contribution is 0.100. The highest BCUT2D eigenvalue weighted by atomic mass is 16.1. The Kier molecular flexibility index (Phi) is 8.80. The number of carbonyl (C=O) groups excluding carboxylic acids is 1. The summed E-state index contributed by atoms with van der Waals surface area (Å²) in [6.07, 6.45) is 6.25. The fourth-order valence-electron chi connectivity index (χ4n) is 2.35. The van der Waals surface area contributed by atoms with Crippen LogP contribution in [0, 0.1) is 0 Å². The molecule has 0 spiro atoms. The summed E-state index contributed by atoms with van der Waals surface area (Å²) in [5.74, 6) is 0.394. The second-order valence-corrected chi connectivity index (χ2v) is 5.88. The van der Waals surface area contributed by atoms with Crippen LogP contribution in [-0.2, 0) is 6.54 Å². The third kappa shape index (κ3) is 7.68. The van der Waals surface area contributed by atoms with E-state index in [0.717, 1.165) is 17.9 Å². The molecule has 5 nitrogen and oxygen atoms in total. The molecule has 0 aliphatic heterocycles. The number of amides is 1. The molecule has 1 aromatic rings. The number of carbonyl (C=O) groups is 1. The van der Waals surface area contributed by atoms with Crippen LogP contribution in [0.3, 0.4) is 0 Å². The summed E-state index contributed by atoms with van der Waals surface area (Å²) >= 11 is 0. The van der Waals surface area contributed by atoms with Gasteiger partial charge in [-0.3, -0.25) is 9.79 Å². The van der Waals surface area contributed by atoms with E-state index in [4.69, 9.17) is 5.73 Å². The Balaban J connectivity index is 2.37. The van der Waals surface area contributed by atoms with Gasteiger partial charge in [0.25, 0.3) is 0 Å². The van der Waals surface area contributed by atoms with Gasteiger partial charge in [-0.1, -0.05) is 44.7 Å². The van der Waals surface area contributed by atoms with Crippen LogP contribution >= 0.6 is 0 Å². The normalized spacial score (nSPS) is 12.7. The molecule has 23 heavy (non-hydrogen) atoms. The van der Waals surface area contributed by atoms with Crippen molar-refractivity contribution in [3.63, 3.8) is 0 Å². The van der Waals surface area contributed by atoms with Crippen LogP contribution in [0.1, 0.15) is 61.9 Å². The van der Waals surface area contributed by atoms with E-state index in [2.05, 4.69) is 29.5 Å². The molecule has 0 bridgehead atoms. The van der Waals surface area contributed by atoms with Gasteiger partial charge in [0.2, 0.25) is 5.91 Å². The van der Waals surface area contributed by atoms with Crippen molar-refractivity contribution < 1.29 is 4.79 Å². The average Bonchev–Trinajstić information content (AvgIpc) is 2.55. The van der Waals surface area contributed by atoms with Crippen molar-refractivity contribution in [2.75, 3.05) is 7.05 Å². The van der Waals surface area contributed by atoms with E-state index >= 15 is 0 Å². The van der Waals surface area contributed by atoms with E-state index in [1.54, 1.807) is 19.2 Å². The van der Waals surface area contributed by atoms with Crippen LogP contribution in [0.4, 0.5) is 0 Å². The summed E-state index contributed by atoms with van der Waals surface area (Å²) in [5, 5.41) is 6.70. The van der Waals surface area contributed by atoms with E-state index < -0.39 is 5.91 Å². The van der Waals surface area contributed by atoms with Crippen LogP contribution in [-0.4, -0.2) is 25.0 Å². The first-order valence-electron chi connectivity index (χ1n) is 8.42. The van der Waals surface area contributed by atoms with Crippen LogP contribution < -0.4 is 16.4 Å². The number of unbranched alkanes of at least 4 members (excludes halogenated alkanes) is 3. The zero-order valence-corrected chi connectivity index (χ0v) is 14.6. The van der Waals surface area contributed by atoms with Crippen molar-refractivity contribution >= 4 is 11.9 Å². The second kappa shape index (κ2) is 10.6. The molecular weight excluding hydrogens is 288 g/mol. The minimum absolute atomic E-state index is 0.398. The first-order chi connectivity index (χ1) is 11.1. The summed E-state index contributed by atoms with van der Waals surface area (Å²) in [5.41, 5.74) is 6.84. The average molecular weight is 318 g/mol. The lowest BCUT2D eigenvalue weighted by Gasteiger charge is -2.18. The molecule has 1 unspecified atom stereocenters. The number of hydrogen-bond donors (Lipinski definition) is 3. The molecule has 5 heteroatoms. The molecule has 4 N–H and O–H groups in total. The Bertz CT molecular complexity index is 496. The molecular formula is C18H30N4O. The molecule has 1 aromatic carbocycles. The van der Waals surface area contributed by atoms with Crippen molar-refractivity contribution in [1.29, 1.82) is 0 Å². The number of nitrogens with two attached hydrogens (primary N) is 1. The molecule has 1 amide bonds. The van der Waals surface area contributed by atoms with E-state index in [0.29, 0.717) is 18.2 Å². The van der Waals surface area contributed by atoms with Crippen LogP contribution in [0.25, 0.3) is 0 Å². The molecule has 0 saturated heterocycles. The van der Waals surface area contributed by atoms with Gasteiger partial charge in [0, 0.05) is 25.2 Å². The molecule has 1 atom stereocenters. The lowest BCUT2D eigenvalue weighted by Crippen LogP contribution is -2.41. The molecule has 0 heterocycles. The van der Waals surface area contributed by atoms with E-state index in [1.807, 2.05) is 12.1 Å². The molecule has 1 rings (SSSR count). The number of benzene rings is 1. The monoisotopic (exact) mass is 318 g/mol. The van der Waals surface area contributed by atoms with Gasteiger partial charge in [-0.2, -0.15) is 0 Å². The fourth-order valence-corrected chi connectivity index (χ4v) is 2.35. The summed E-state index contributed by atoms with van der Waals surface area (Å²) in [7, 11) is 1.77. The predicted molar refractivity (Wildman–Crippen MR) is 96.5 cm³/mol. The van der Waals surface area contributed by atoms with Gasteiger partial charge in [-0.15, -0.1) is 0 Å². The minimum atomic E-state index is -0.404. The second-order valence-electron chi connectivity index (χ2n) is 5.88. The highest BCUT2D eigenvalue weighted by Gasteiger charge is 2.05. The van der Waals surface area contributed by atoms with Gasteiger partial charge in [0.15, 0.2) is 5.96 Å². The van der Waals surface area contributed by atoms with Gasteiger partial charge in [0.1, 0.15) is 0 Å². The third-order valence-electron chi connectivity index (χ3n) is 3.80. The van der Waals surface area contributed by atoms with Crippen molar-refractivity contribution in [1.82, 2.24) is 10.6 Å². The van der Waals surface area contributed by atoms with Gasteiger partial charge in [-0.25, -0.2) is 0 Å². The van der Waals surface area contributed by atoms with Crippen molar-refractivity contribution in [3.8, 4) is 0 Å². The molecule has 0 fully saturated rings. The number of guanidine groups is 1. The van der Waals surface area contributed by atoms with E-state index in [-0.39, 0.29) is 0 Å². The summed E-state index contributed by atoms with van der Waals surface area (Å²) in [6.45, 7) is 5.06. The van der Waals surface area contributed by atoms with Crippen LogP contribution in [0.2, 0.25) is 0 Å². The van der Waals surface area contributed by atoms with Gasteiger partial charge < -0.3 is 16.4 Å². The molecule has 0 saturated carbocycles. The third-order valence-corrected chi connectivity index (χ3v) is 3.80. The largest absolute Gasteiger partial charge is 0.366 e. The van der Waals surface area contributed by atoms with Crippen molar-refractivity contribution in [3.05, 3.63) is 35.4 Å². The number of nitrogens with zero attached hydrogens (tertiary/aromatic N) is 1. The Morgan fingerprint density at radius 2 is 1.91 bits per heavy atom. The minimum Gasteiger partial charge on any atom is -0.366 e. The lowest BCUT2D eigenvalue weighted by atomic mass is 10.1. The molecule has 0 radical (unpaired) electrons. The fraction of sp³-hybridized carbons (Fsp3) is 0.556. The maximum Gasteiger partial charge on any atom is 0.248 e. The number of rotatable bonds is 9. The quantitative estimate of drug-likeness (QED) is 0.372. The summed E-state index contributed by atoms with van der Waals surface area (Å²) in [6, 6.07) is 7.68. The van der Waals surface area contributed by atoms with Crippen molar-refractivity contribution in [2.24, 2.45) is 10.7 Å². The Morgan fingerprint density at radius 1 is 1.22 bits per heavy atom. The number of hydrogen-bond acceptors (Lipinski definition) is 2. The zero-order valence-electron chi connectivity index (χ0n) is 14.6. The van der Waals surface area contributed by atoms with Crippen LogP contribution in [0.15, 0.2) is 29.3 Å². The summed E-state index contributed by atoms with van der Waals surface area (Å²) < 4.78 is 0. The summed E-state index contributed by atoms with van der Waals surface area (Å²) in [4.78, 5) is 15.3. The maximum absolute atomic E-state index is 11.1. The predicted octanol–water partition coefficient (Wildman–Crippen LogP) is 2.81. The Labute approximate surface area is 139 Å². The van der Waals surface area contributed by atoms with Crippen LogP contribution in [0.5, 0.6) is 0 Å². The molecule has 0 aliphatic rings. The standard InChI is InChI=1S/C18H30N4O/c1-4-5-6-7-8-14(2)22-18(20-3)21-13-15-9-11-16(12-10-15)17(19)23/h9-12,14H,4-8,13H2,1-3H3,(H2,19,23)(H2,20,21,22). The Hall–Kier alpha value is -2.04. The van der Waals surface area contributed by atoms with E-state index in [9.17, 15) is 4.79 Å². The first-order valence-corrected chi connectivity index (χ1v) is 8.42. The Morgan fingerprint density at radius 3 is 2.48 bits per heavy atom. The van der Waals surface area contributed by atoms with E-state index in [1.165, 1.54) is 25.7 Å². The zero-order chi connectivity index (χ0) is 17.1. The van der Waals surface area contributed by atoms with Gasteiger partial charge in [-0.05, 0) is 31.0 Å². The highest BCUT2D eigenvalue weighted by molar-refractivity contribution is 5.92. The van der Waals surface area contributed by atoms with Gasteiger partial charge >= 0.3 is 0 Å². The number of primary amides is 1. The maximum atomic E-state index is 11.1. The number of nitrogens with one attached hydrogen (secondary N) is 2.